The van der Waals surface area contributed by atoms with Crippen LogP contribution in [-0.4, -0.2) is 48.3 Å². The Morgan fingerprint density at radius 2 is 2.00 bits per heavy atom. The molecule has 0 saturated carbocycles. The molecule has 100 valence electrons. The second-order valence-corrected chi connectivity index (χ2v) is 5.75. The highest BCUT2D eigenvalue weighted by Gasteiger charge is 2.34. The maximum absolute atomic E-state index is 9.46. The molecule has 17 heavy (non-hydrogen) atoms. The lowest BCUT2D eigenvalue weighted by atomic mass is 9.83. The highest BCUT2D eigenvalue weighted by atomic mass is 16.3. The molecule has 3 heteroatoms. The third kappa shape index (κ3) is 4.09. The molecule has 0 spiro atoms. The summed E-state index contributed by atoms with van der Waals surface area (Å²) in [4.78, 5) is 2.37. The minimum atomic E-state index is 0.145. The zero-order valence-electron chi connectivity index (χ0n) is 11.6. The van der Waals surface area contributed by atoms with Crippen molar-refractivity contribution in [3.05, 3.63) is 12.7 Å². The number of aliphatic hydroxyl groups excluding tert-OH is 1. The van der Waals surface area contributed by atoms with Crippen LogP contribution in [0.3, 0.4) is 0 Å². The Hall–Kier alpha value is -0.380. The second kappa shape index (κ2) is 6.53. The van der Waals surface area contributed by atoms with Crippen molar-refractivity contribution in [1.82, 2.24) is 10.2 Å². The van der Waals surface area contributed by atoms with Crippen molar-refractivity contribution in [2.45, 2.75) is 44.7 Å². The molecule has 1 aliphatic heterocycles. The van der Waals surface area contributed by atoms with E-state index in [0.29, 0.717) is 5.92 Å². The molecule has 3 nitrogen and oxygen atoms in total. The minimum absolute atomic E-state index is 0.145. The molecule has 1 aliphatic rings. The van der Waals surface area contributed by atoms with Gasteiger partial charge in [0.1, 0.15) is 0 Å². The normalized spacial score (nSPS) is 22.6. The predicted molar refractivity (Wildman–Crippen MR) is 73.1 cm³/mol. The SMILES string of the molecule is C=CCC1(NC(CO)C(C)C)CCN(C)CC1. The van der Waals surface area contributed by atoms with Gasteiger partial charge in [-0.15, -0.1) is 6.58 Å². The smallest absolute Gasteiger partial charge is 0.0587 e. The van der Waals surface area contributed by atoms with E-state index in [2.05, 4.69) is 37.7 Å². The standard InChI is InChI=1S/C14H28N2O/c1-5-6-14(7-9-16(4)10-8-14)15-13(11-17)12(2)3/h5,12-13,15,17H,1,6-11H2,2-4H3. The van der Waals surface area contributed by atoms with Crippen LogP contribution in [0.15, 0.2) is 12.7 Å². The molecule has 0 amide bonds. The summed E-state index contributed by atoms with van der Waals surface area (Å²) in [5.41, 5.74) is 0.145. The van der Waals surface area contributed by atoms with Gasteiger partial charge in [0.05, 0.1) is 6.61 Å². The molecular weight excluding hydrogens is 212 g/mol. The highest BCUT2D eigenvalue weighted by molar-refractivity contribution is 4.99. The number of nitrogens with zero attached hydrogens (tertiary/aromatic N) is 1. The molecule has 1 atom stereocenters. The Morgan fingerprint density at radius 1 is 1.41 bits per heavy atom. The number of hydrogen-bond donors (Lipinski definition) is 2. The molecule has 0 aromatic heterocycles. The van der Waals surface area contributed by atoms with Gasteiger partial charge in [-0.1, -0.05) is 19.9 Å². The molecule has 1 saturated heterocycles. The van der Waals surface area contributed by atoms with Gasteiger partial charge in [-0.3, -0.25) is 0 Å². The lowest BCUT2D eigenvalue weighted by Gasteiger charge is -2.44. The lowest BCUT2D eigenvalue weighted by Crippen LogP contribution is -2.57. The first kappa shape index (κ1) is 14.7. The molecule has 1 rings (SSSR count). The fourth-order valence-corrected chi connectivity index (χ4v) is 2.55. The first-order chi connectivity index (χ1) is 8.03. The minimum Gasteiger partial charge on any atom is -0.395 e. The monoisotopic (exact) mass is 240 g/mol. The Morgan fingerprint density at radius 3 is 2.41 bits per heavy atom. The van der Waals surface area contributed by atoms with Gasteiger partial charge in [0.2, 0.25) is 0 Å². The maximum Gasteiger partial charge on any atom is 0.0587 e. The summed E-state index contributed by atoms with van der Waals surface area (Å²) in [6, 6.07) is 0.193. The molecule has 0 aromatic rings. The average Bonchev–Trinajstić information content (AvgIpc) is 2.30. The van der Waals surface area contributed by atoms with E-state index in [-0.39, 0.29) is 18.2 Å². The third-order valence-electron chi connectivity index (χ3n) is 3.97. The van der Waals surface area contributed by atoms with Gasteiger partial charge in [0.15, 0.2) is 0 Å². The molecule has 1 unspecified atom stereocenters. The van der Waals surface area contributed by atoms with E-state index >= 15 is 0 Å². The molecular formula is C14H28N2O. The zero-order valence-corrected chi connectivity index (χ0v) is 11.6. The van der Waals surface area contributed by atoms with Crippen molar-refractivity contribution in [3.8, 4) is 0 Å². The maximum atomic E-state index is 9.46. The first-order valence-corrected chi connectivity index (χ1v) is 6.71. The number of aliphatic hydroxyl groups is 1. The summed E-state index contributed by atoms with van der Waals surface area (Å²) in [6.07, 6.45) is 5.27. The fraction of sp³-hybridized carbons (Fsp3) is 0.857. The molecule has 2 N–H and O–H groups in total. The zero-order chi connectivity index (χ0) is 12.9. The highest BCUT2D eigenvalue weighted by Crippen LogP contribution is 2.27. The number of likely N-dealkylation sites (tertiary alicyclic amines) is 1. The number of nitrogens with one attached hydrogen (secondary N) is 1. The van der Waals surface area contributed by atoms with Gasteiger partial charge >= 0.3 is 0 Å². The summed E-state index contributed by atoms with van der Waals surface area (Å²) in [5.74, 6) is 0.460. The van der Waals surface area contributed by atoms with E-state index in [0.717, 1.165) is 32.4 Å². The van der Waals surface area contributed by atoms with Crippen LogP contribution in [0.4, 0.5) is 0 Å². The van der Waals surface area contributed by atoms with E-state index in [1.54, 1.807) is 0 Å². The molecule has 0 radical (unpaired) electrons. The van der Waals surface area contributed by atoms with E-state index < -0.39 is 0 Å². The largest absolute Gasteiger partial charge is 0.395 e. The quantitative estimate of drug-likeness (QED) is 0.693. The second-order valence-electron chi connectivity index (χ2n) is 5.75. The average molecular weight is 240 g/mol. The van der Waals surface area contributed by atoms with Crippen LogP contribution in [0.5, 0.6) is 0 Å². The van der Waals surface area contributed by atoms with Gasteiger partial charge in [0, 0.05) is 11.6 Å². The summed E-state index contributed by atoms with van der Waals surface area (Å²) >= 11 is 0. The van der Waals surface area contributed by atoms with Crippen molar-refractivity contribution >= 4 is 0 Å². The molecule has 1 fully saturated rings. The van der Waals surface area contributed by atoms with Crippen LogP contribution in [0, 0.1) is 5.92 Å². The molecule has 0 bridgehead atoms. The number of hydrogen-bond acceptors (Lipinski definition) is 3. The van der Waals surface area contributed by atoms with Gasteiger partial charge < -0.3 is 15.3 Å². The van der Waals surface area contributed by atoms with Crippen molar-refractivity contribution in [2.75, 3.05) is 26.7 Å². The first-order valence-electron chi connectivity index (χ1n) is 6.71. The van der Waals surface area contributed by atoms with Crippen LogP contribution in [0.2, 0.25) is 0 Å². The van der Waals surface area contributed by atoms with Crippen LogP contribution in [0.1, 0.15) is 33.1 Å². The lowest BCUT2D eigenvalue weighted by molar-refractivity contribution is 0.110. The number of piperidine rings is 1. The van der Waals surface area contributed by atoms with Crippen molar-refractivity contribution in [3.63, 3.8) is 0 Å². The van der Waals surface area contributed by atoms with Crippen molar-refractivity contribution in [2.24, 2.45) is 5.92 Å². The van der Waals surface area contributed by atoms with Gasteiger partial charge in [-0.25, -0.2) is 0 Å². The number of rotatable bonds is 6. The van der Waals surface area contributed by atoms with E-state index in [1.807, 2.05) is 6.08 Å². The molecule has 0 aliphatic carbocycles. The summed E-state index contributed by atoms with van der Waals surface area (Å²) in [7, 11) is 2.17. The van der Waals surface area contributed by atoms with Gasteiger partial charge in [0.25, 0.3) is 0 Å². The Bertz CT molecular complexity index is 232. The predicted octanol–water partition coefficient (Wildman–Crippen LogP) is 1.63. The van der Waals surface area contributed by atoms with Crippen LogP contribution in [0.25, 0.3) is 0 Å². The summed E-state index contributed by atoms with van der Waals surface area (Å²) in [5, 5.41) is 13.2. The van der Waals surface area contributed by atoms with Crippen LogP contribution in [-0.2, 0) is 0 Å². The third-order valence-corrected chi connectivity index (χ3v) is 3.97. The van der Waals surface area contributed by atoms with E-state index in [1.165, 1.54) is 0 Å². The fourth-order valence-electron chi connectivity index (χ4n) is 2.55. The van der Waals surface area contributed by atoms with Gasteiger partial charge in [-0.05, 0) is 45.3 Å². The van der Waals surface area contributed by atoms with Crippen LogP contribution < -0.4 is 5.32 Å². The van der Waals surface area contributed by atoms with Crippen LogP contribution >= 0.6 is 0 Å². The molecule has 1 heterocycles. The van der Waals surface area contributed by atoms with Crippen molar-refractivity contribution in [1.29, 1.82) is 0 Å². The van der Waals surface area contributed by atoms with E-state index in [4.69, 9.17) is 0 Å². The van der Waals surface area contributed by atoms with Gasteiger partial charge in [-0.2, -0.15) is 0 Å². The van der Waals surface area contributed by atoms with Crippen molar-refractivity contribution < 1.29 is 5.11 Å². The Balaban J connectivity index is 2.67. The molecule has 0 aromatic carbocycles. The Labute approximate surface area is 106 Å². The van der Waals surface area contributed by atoms with E-state index in [9.17, 15) is 5.11 Å². The Kier molecular flexibility index (Phi) is 5.63. The summed E-state index contributed by atoms with van der Waals surface area (Å²) < 4.78 is 0. The summed E-state index contributed by atoms with van der Waals surface area (Å²) in [6.45, 7) is 10.7. The topological polar surface area (TPSA) is 35.5 Å².